The Kier molecular flexibility index (Phi) is 3.50. The van der Waals surface area contributed by atoms with Gasteiger partial charge < -0.3 is 5.11 Å². The summed E-state index contributed by atoms with van der Waals surface area (Å²) in [4.78, 5) is 14.8. The lowest BCUT2D eigenvalue weighted by molar-refractivity contribution is 0.0697. The summed E-state index contributed by atoms with van der Waals surface area (Å²) in [6, 6.07) is 5.27. The van der Waals surface area contributed by atoms with Crippen LogP contribution in [-0.2, 0) is 0 Å². The molecule has 0 saturated carbocycles. The Hall–Kier alpha value is -1.65. The van der Waals surface area contributed by atoms with Crippen molar-refractivity contribution in [2.24, 2.45) is 0 Å². The fraction of sp³-hybridized carbons (Fsp3) is 0. The number of nitrogens with zero attached hydrogens (tertiary/aromatic N) is 1. The van der Waals surface area contributed by atoms with Gasteiger partial charge in [0.1, 0.15) is 5.82 Å². The largest absolute Gasteiger partial charge is 0.478 e. The van der Waals surface area contributed by atoms with E-state index in [9.17, 15) is 9.18 Å². The number of aromatic nitrogens is 1. The van der Waals surface area contributed by atoms with E-state index < -0.39 is 11.8 Å². The van der Waals surface area contributed by atoms with E-state index in [0.29, 0.717) is 11.3 Å². The van der Waals surface area contributed by atoms with Gasteiger partial charge in [-0.1, -0.05) is 23.2 Å². The van der Waals surface area contributed by atoms with Crippen molar-refractivity contribution in [3.8, 4) is 11.3 Å². The summed E-state index contributed by atoms with van der Waals surface area (Å²) in [5.74, 6) is -1.65. The van der Waals surface area contributed by atoms with Crippen LogP contribution in [0.15, 0.2) is 30.5 Å². The van der Waals surface area contributed by atoms with Crippen molar-refractivity contribution in [2.45, 2.75) is 0 Å². The first-order valence-corrected chi connectivity index (χ1v) is 5.59. The molecule has 92 valence electrons. The number of carbonyl (C=O) groups is 1. The lowest BCUT2D eigenvalue weighted by Gasteiger charge is -2.07. The number of rotatable bonds is 2. The van der Waals surface area contributed by atoms with E-state index in [1.54, 1.807) is 0 Å². The molecule has 0 saturated heterocycles. The van der Waals surface area contributed by atoms with Crippen LogP contribution in [0.25, 0.3) is 11.3 Å². The van der Waals surface area contributed by atoms with Crippen molar-refractivity contribution in [1.82, 2.24) is 4.98 Å². The molecule has 0 unspecified atom stereocenters. The van der Waals surface area contributed by atoms with Crippen molar-refractivity contribution in [2.75, 3.05) is 0 Å². The maximum absolute atomic E-state index is 12.8. The van der Waals surface area contributed by atoms with E-state index in [1.165, 1.54) is 24.3 Å². The Morgan fingerprint density at radius 2 is 1.94 bits per heavy atom. The third kappa shape index (κ3) is 2.44. The van der Waals surface area contributed by atoms with E-state index in [4.69, 9.17) is 28.3 Å². The fourth-order valence-electron chi connectivity index (χ4n) is 1.44. The Morgan fingerprint density at radius 1 is 1.22 bits per heavy atom. The number of carboxylic acids is 1. The lowest BCUT2D eigenvalue weighted by Crippen LogP contribution is -1.98. The van der Waals surface area contributed by atoms with Crippen LogP contribution in [0.4, 0.5) is 4.39 Å². The quantitative estimate of drug-likeness (QED) is 0.911. The number of hydrogen-bond donors (Lipinski definition) is 1. The average molecular weight is 286 g/mol. The molecular formula is C12H6Cl2FNO2. The maximum Gasteiger partial charge on any atom is 0.337 e. The highest BCUT2D eigenvalue weighted by molar-refractivity contribution is 6.38. The van der Waals surface area contributed by atoms with Gasteiger partial charge in [-0.2, -0.15) is 0 Å². The highest BCUT2D eigenvalue weighted by Crippen LogP contribution is 2.31. The average Bonchev–Trinajstić information content (AvgIpc) is 2.30. The fourth-order valence-corrected chi connectivity index (χ4v) is 2.01. The van der Waals surface area contributed by atoms with Gasteiger partial charge in [-0.3, -0.25) is 4.98 Å². The molecule has 1 N–H and O–H groups in total. The molecule has 2 rings (SSSR count). The molecule has 1 heterocycles. The highest BCUT2D eigenvalue weighted by Gasteiger charge is 2.14. The number of aromatic carboxylic acids is 1. The van der Waals surface area contributed by atoms with Crippen molar-refractivity contribution in [1.29, 1.82) is 0 Å². The van der Waals surface area contributed by atoms with Gasteiger partial charge in [-0.15, -0.1) is 0 Å². The van der Waals surface area contributed by atoms with Crippen LogP contribution < -0.4 is 0 Å². The van der Waals surface area contributed by atoms with Gasteiger partial charge >= 0.3 is 5.97 Å². The first-order valence-electron chi connectivity index (χ1n) is 4.83. The molecule has 0 amide bonds. The molecule has 1 aromatic carbocycles. The SMILES string of the molecule is O=C(O)c1cc(-c2ccc(F)cn2)c(Cl)cc1Cl. The summed E-state index contributed by atoms with van der Waals surface area (Å²) in [7, 11) is 0. The van der Waals surface area contributed by atoms with E-state index in [2.05, 4.69) is 4.98 Å². The van der Waals surface area contributed by atoms with Gasteiger partial charge in [0.25, 0.3) is 0 Å². The van der Waals surface area contributed by atoms with Crippen molar-refractivity contribution in [3.63, 3.8) is 0 Å². The Morgan fingerprint density at radius 3 is 2.50 bits per heavy atom. The van der Waals surface area contributed by atoms with E-state index in [0.717, 1.165) is 6.20 Å². The Bertz CT molecular complexity index is 614. The second kappa shape index (κ2) is 4.92. The lowest BCUT2D eigenvalue weighted by atomic mass is 10.1. The van der Waals surface area contributed by atoms with Crippen molar-refractivity contribution in [3.05, 3.63) is 51.9 Å². The van der Waals surface area contributed by atoms with Gasteiger partial charge in [0.15, 0.2) is 0 Å². The minimum Gasteiger partial charge on any atom is -0.478 e. The molecule has 0 radical (unpaired) electrons. The summed E-state index contributed by atoms with van der Waals surface area (Å²) >= 11 is 11.7. The van der Waals surface area contributed by atoms with Crippen LogP contribution in [0.2, 0.25) is 10.0 Å². The Labute approximate surface area is 112 Å². The van der Waals surface area contributed by atoms with E-state index in [-0.39, 0.29) is 15.6 Å². The standard InChI is InChI=1S/C12H6Cl2FNO2/c13-9-4-10(14)8(12(17)18)3-7(9)11-2-1-6(15)5-16-11/h1-5H,(H,17,18). The molecule has 0 spiro atoms. The van der Waals surface area contributed by atoms with Crippen LogP contribution in [0.1, 0.15) is 10.4 Å². The zero-order valence-corrected chi connectivity index (χ0v) is 10.3. The molecule has 6 heteroatoms. The molecule has 18 heavy (non-hydrogen) atoms. The normalized spacial score (nSPS) is 10.4. The molecular weight excluding hydrogens is 280 g/mol. The van der Waals surface area contributed by atoms with Crippen LogP contribution >= 0.6 is 23.2 Å². The van der Waals surface area contributed by atoms with Gasteiger partial charge in [0.2, 0.25) is 0 Å². The van der Waals surface area contributed by atoms with Gasteiger partial charge in [-0.05, 0) is 24.3 Å². The van der Waals surface area contributed by atoms with Crippen molar-refractivity contribution >= 4 is 29.2 Å². The molecule has 0 aliphatic carbocycles. The third-order valence-corrected chi connectivity index (χ3v) is 2.92. The van der Waals surface area contributed by atoms with Gasteiger partial charge in [-0.25, -0.2) is 9.18 Å². The van der Waals surface area contributed by atoms with Crippen LogP contribution in [-0.4, -0.2) is 16.1 Å². The summed E-state index contributed by atoms with van der Waals surface area (Å²) in [6.45, 7) is 0. The summed E-state index contributed by atoms with van der Waals surface area (Å²) < 4.78 is 12.8. The first kappa shape index (κ1) is 12.8. The topological polar surface area (TPSA) is 50.2 Å². The minimum atomic E-state index is -1.17. The minimum absolute atomic E-state index is 0.0401. The zero-order chi connectivity index (χ0) is 13.3. The molecule has 0 bridgehead atoms. The number of hydrogen-bond acceptors (Lipinski definition) is 2. The predicted molar refractivity (Wildman–Crippen MR) is 66.6 cm³/mol. The smallest absolute Gasteiger partial charge is 0.337 e. The van der Waals surface area contributed by atoms with E-state index in [1.807, 2.05) is 0 Å². The van der Waals surface area contributed by atoms with E-state index >= 15 is 0 Å². The monoisotopic (exact) mass is 285 g/mol. The van der Waals surface area contributed by atoms with Gasteiger partial charge in [0.05, 0.1) is 27.5 Å². The molecule has 0 aliphatic rings. The Balaban J connectivity index is 2.60. The molecule has 0 aliphatic heterocycles. The zero-order valence-electron chi connectivity index (χ0n) is 8.82. The number of carboxylic acid groups (broad SMARTS) is 1. The third-order valence-electron chi connectivity index (χ3n) is 2.29. The first-order chi connectivity index (χ1) is 8.49. The number of pyridine rings is 1. The summed E-state index contributed by atoms with van der Waals surface area (Å²) in [5, 5.41) is 9.26. The molecule has 3 nitrogen and oxygen atoms in total. The van der Waals surface area contributed by atoms with Crippen LogP contribution in [0.3, 0.4) is 0 Å². The van der Waals surface area contributed by atoms with Crippen LogP contribution in [0.5, 0.6) is 0 Å². The number of benzene rings is 1. The number of halogens is 3. The molecule has 1 aromatic heterocycles. The highest BCUT2D eigenvalue weighted by atomic mass is 35.5. The summed E-state index contributed by atoms with van der Waals surface area (Å²) in [5.41, 5.74) is 0.682. The molecule has 0 fully saturated rings. The van der Waals surface area contributed by atoms with Crippen molar-refractivity contribution < 1.29 is 14.3 Å². The maximum atomic E-state index is 12.8. The molecule has 2 aromatic rings. The van der Waals surface area contributed by atoms with Crippen LogP contribution in [0, 0.1) is 5.82 Å². The predicted octanol–water partition coefficient (Wildman–Crippen LogP) is 3.89. The second-order valence-corrected chi connectivity index (χ2v) is 4.29. The second-order valence-electron chi connectivity index (χ2n) is 3.48. The van der Waals surface area contributed by atoms with Gasteiger partial charge in [0, 0.05) is 5.56 Å². The summed E-state index contributed by atoms with van der Waals surface area (Å²) in [6.07, 6.45) is 1.03. The molecule has 0 atom stereocenters.